The summed E-state index contributed by atoms with van der Waals surface area (Å²) in [5, 5.41) is 3.46. The Balaban J connectivity index is 2.54. The Kier molecular flexibility index (Phi) is 6.30. The summed E-state index contributed by atoms with van der Waals surface area (Å²) in [6.07, 6.45) is 2.21. The van der Waals surface area contributed by atoms with Crippen LogP contribution in [0.25, 0.3) is 0 Å². The topological polar surface area (TPSA) is 55.1 Å². The van der Waals surface area contributed by atoms with Crippen LogP contribution in [0.3, 0.4) is 0 Å². The standard InChI is InChI=1S/C14H20BrClN2O/c1-14(2,7-8-17)6-5-13(19)18-12-9-10(16)3-4-11(12)15/h3-4,9H,5-8,17H2,1-2H3,(H,18,19). The Morgan fingerprint density at radius 1 is 1.42 bits per heavy atom. The van der Waals surface area contributed by atoms with Gasteiger partial charge in [-0.2, -0.15) is 0 Å². The molecule has 5 heteroatoms. The lowest BCUT2D eigenvalue weighted by Crippen LogP contribution is -2.20. The Bertz CT molecular complexity index is 449. The number of nitrogens with two attached hydrogens (primary N) is 1. The van der Waals surface area contributed by atoms with Crippen molar-refractivity contribution in [2.24, 2.45) is 11.1 Å². The van der Waals surface area contributed by atoms with Crippen molar-refractivity contribution in [3.05, 3.63) is 27.7 Å². The Morgan fingerprint density at radius 3 is 2.74 bits per heavy atom. The minimum Gasteiger partial charge on any atom is -0.330 e. The molecule has 0 saturated carbocycles. The van der Waals surface area contributed by atoms with Gasteiger partial charge in [-0.3, -0.25) is 4.79 Å². The maximum Gasteiger partial charge on any atom is 0.224 e. The van der Waals surface area contributed by atoms with Gasteiger partial charge < -0.3 is 11.1 Å². The molecule has 0 unspecified atom stereocenters. The molecule has 1 amide bonds. The Morgan fingerprint density at radius 2 is 2.11 bits per heavy atom. The largest absolute Gasteiger partial charge is 0.330 e. The third-order valence-electron chi connectivity index (χ3n) is 3.05. The fourth-order valence-corrected chi connectivity index (χ4v) is 2.29. The molecule has 3 nitrogen and oxygen atoms in total. The van der Waals surface area contributed by atoms with Crippen molar-refractivity contribution in [1.82, 2.24) is 0 Å². The van der Waals surface area contributed by atoms with E-state index in [-0.39, 0.29) is 11.3 Å². The first-order valence-corrected chi connectivity index (χ1v) is 7.46. The lowest BCUT2D eigenvalue weighted by molar-refractivity contribution is -0.116. The SMILES string of the molecule is CC(C)(CCN)CCC(=O)Nc1cc(Cl)ccc1Br. The van der Waals surface area contributed by atoms with Crippen LogP contribution in [-0.2, 0) is 4.79 Å². The number of hydrogen-bond acceptors (Lipinski definition) is 2. The molecular formula is C14H20BrClN2O. The first kappa shape index (κ1) is 16.5. The van der Waals surface area contributed by atoms with Crippen LogP contribution >= 0.6 is 27.5 Å². The third kappa shape index (κ3) is 5.93. The predicted molar refractivity (Wildman–Crippen MR) is 84.5 cm³/mol. The van der Waals surface area contributed by atoms with E-state index in [4.69, 9.17) is 17.3 Å². The molecule has 1 aromatic rings. The molecule has 0 aliphatic rings. The average molecular weight is 348 g/mol. The van der Waals surface area contributed by atoms with Crippen LogP contribution in [0, 0.1) is 5.41 Å². The third-order valence-corrected chi connectivity index (χ3v) is 3.98. The van der Waals surface area contributed by atoms with E-state index >= 15 is 0 Å². The van der Waals surface area contributed by atoms with E-state index in [0.29, 0.717) is 23.7 Å². The highest BCUT2D eigenvalue weighted by Gasteiger charge is 2.18. The zero-order chi connectivity index (χ0) is 14.5. The van der Waals surface area contributed by atoms with Crippen LogP contribution in [-0.4, -0.2) is 12.5 Å². The lowest BCUT2D eigenvalue weighted by atomic mass is 9.84. The van der Waals surface area contributed by atoms with E-state index in [1.54, 1.807) is 12.1 Å². The van der Waals surface area contributed by atoms with E-state index in [9.17, 15) is 4.79 Å². The van der Waals surface area contributed by atoms with E-state index in [0.717, 1.165) is 17.3 Å². The van der Waals surface area contributed by atoms with Crippen molar-refractivity contribution in [3.8, 4) is 0 Å². The van der Waals surface area contributed by atoms with Gasteiger partial charge in [0.25, 0.3) is 0 Å². The van der Waals surface area contributed by atoms with Gasteiger partial charge in [0.15, 0.2) is 0 Å². The van der Waals surface area contributed by atoms with Crippen LogP contribution in [0.5, 0.6) is 0 Å². The summed E-state index contributed by atoms with van der Waals surface area (Å²) >= 11 is 9.29. The normalized spacial score (nSPS) is 11.4. The number of anilines is 1. The summed E-state index contributed by atoms with van der Waals surface area (Å²) < 4.78 is 0.825. The second-order valence-electron chi connectivity index (χ2n) is 5.38. The fourth-order valence-electron chi connectivity index (χ4n) is 1.77. The number of hydrogen-bond donors (Lipinski definition) is 2. The van der Waals surface area contributed by atoms with Crippen molar-refractivity contribution < 1.29 is 4.79 Å². The highest BCUT2D eigenvalue weighted by Crippen LogP contribution is 2.28. The predicted octanol–water partition coefficient (Wildman–Crippen LogP) is 4.20. The van der Waals surface area contributed by atoms with Gasteiger partial charge in [-0.25, -0.2) is 0 Å². The maximum atomic E-state index is 11.9. The van der Waals surface area contributed by atoms with E-state index in [2.05, 4.69) is 35.1 Å². The molecule has 0 aromatic heterocycles. The van der Waals surface area contributed by atoms with Gasteiger partial charge in [-0.15, -0.1) is 0 Å². The molecule has 0 spiro atoms. The van der Waals surface area contributed by atoms with Crippen LogP contribution in [0.15, 0.2) is 22.7 Å². The molecule has 0 radical (unpaired) electrons. The minimum atomic E-state index is -0.00642. The second kappa shape index (κ2) is 7.27. The molecule has 0 fully saturated rings. The van der Waals surface area contributed by atoms with Crippen molar-refractivity contribution in [3.63, 3.8) is 0 Å². The van der Waals surface area contributed by atoms with Gasteiger partial charge in [0.1, 0.15) is 0 Å². The molecule has 1 aromatic carbocycles. The summed E-state index contributed by atoms with van der Waals surface area (Å²) in [7, 11) is 0. The molecule has 3 N–H and O–H groups in total. The van der Waals surface area contributed by atoms with Gasteiger partial charge in [-0.1, -0.05) is 25.4 Å². The molecule has 19 heavy (non-hydrogen) atoms. The molecule has 0 aliphatic carbocycles. The number of rotatable bonds is 6. The van der Waals surface area contributed by atoms with Crippen molar-refractivity contribution >= 4 is 39.1 Å². The molecule has 0 bridgehead atoms. The summed E-state index contributed by atoms with van der Waals surface area (Å²) in [6.45, 7) is 4.90. The zero-order valence-electron chi connectivity index (χ0n) is 11.3. The summed E-state index contributed by atoms with van der Waals surface area (Å²) in [5.41, 5.74) is 6.36. The van der Waals surface area contributed by atoms with Crippen molar-refractivity contribution in [2.45, 2.75) is 33.1 Å². The molecule has 0 aliphatic heterocycles. The van der Waals surface area contributed by atoms with E-state index < -0.39 is 0 Å². The fraction of sp³-hybridized carbons (Fsp3) is 0.500. The van der Waals surface area contributed by atoms with Crippen molar-refractivity contribution in [2.75, 3.05) is 11.9 Å². The molecular weight excluding hydrogens is 328 g/mol. The van der Waals surface area contributed by atoms with Gasteiger partial charge in [0.05, 0.1) is 5.69 Å². The van der Waals surface area contributed by atoms with Gasteiger partial charge in [0, 0.05) is 15.9 Å². The zero-order valence-corrected chi connectivity index (χ0v) is 13.6. The Hall–Kier alpha value is -0.580. The number of carbonyl (C=O) groups excluding carboxylic acids is 1. The van der Waals surface area contributed by atoms with Crippen LogP contribution in [0.2, 0.25) is 5.02 Å². The number of carbonyl (C=O) groups is 1. The first-order valence-electron chi connectivity index (χ1n) is 6.29. The quantitative estimate of drug-likeness (QED) is 0.810. The minimum absolute atomic E-state index is 0.00642. The number of halogens is 2. The molecule has 0 saturated heterocycles. The van der Waals surface area contributed by atoms with Gasteiger partial charge >= 0.3 is 0 Å². The van der Waals surface area contributed by atoms with Crippen LogP contribution < -0.4 is 11.1 Å². The number of nitrogens with one attached hydrogen (secondary N) is 1. The molecule has 1 rings (SSSR count). The summed E-state index contributed by atoms with van der Waals surface area (Å²) in [4.78, 5) is 11.9. The molecule has 0 heterocycles. The first-order chi connectivity index (χ1) is 8.84. The smallest absolute Gasteiger partial charge is 0.224 e. The van der Waals surface area contributed by atoms with Crippen molar-refractivity contribution in [1.29, 1.82) is 0 Å². The van der Waals surface area contributed by atoms with E-state index in [1.807, 2.05) is 6.07 Å². The lowest BCUT2D eigenvalue weighted by Gasteiger charge is -2.23. The molecule has 106 valence electrons. The summed E-state index contributed by atoms with van der Waals surface area (Å²) in [5.74, 6) is -0.00642. The highest BCUT2D eigenvalue weighted by atomic mass is 79.9. The van der Waals surface area contributed by atoms with Crippen LogP contribution in [0.4, 0.5) is 5.69 Å². The average Bonchev–Trinajstić information content (AvgIpc) is 2.31. The maximum absolute atomic E-state index is 11.9. The number of amides is 1. The number of benzene rings is 1. The Labute approximate surface area is 128 Å². The van der Waals surface area contributed by atoms with E-state index in [1.165, 1.54) is 0 Å². The summed E-state index contributed by atoms with van der Waals surface area (Å²) in [6, 6.07) is 5.32. The molecule has 0 atom stereocenters. The monoisotopic (exact) mass is 346 g/mol. The van der Waals surface area contributed by atoms with Gasteiger partial charge in [-0.05, 0) is 58.9 Å². The van der Waals surface area contributed by atoms with Gasteiger partial charge in [0.2, 0.25) is 5.91 Å². The highest BCUT2D eigenvalue weighted by molar-refractivity contribution is 9.10. The van der Waals surface area contributed by atoms with Crippen LogP contribution in [0.1, 0.15) is 33.1 Å². The second-order valence-corrected chi connectivity index (χ2v) is 6.67.